The predicted octanol–water partition coefficient (Wildman–Crippen LogP) is 8.11. The van der Waals surface area contributed by atoms with Crippen molar-refractivity contribution in [2.45, 2.75) is 0 Å². The van der Waals surface area contributed by atoms with Crippen molar-refractivity contribution in [1.82, 2.24) is 24.5 Å². The summed E-state index contributed by atoms with van der Waals surface area (Å²) in [4.78, 5) is 19.2. The van der Waals surface area contributed by atoms with Gasteiger partial charge in [-0.05, 0) is 66.7 Å². The zero-order valence-electron chi connectivity index (χ0n) is 21.3. The van der Waals surface area contributed by atoms with E-state index in [1.807, 2.05) is 84.9 Å². The molecule has 40 heavy (non-hydrogen) atoms. The van der Waals surface area contributed by atoms with E-state index in [2.05, 4.69) is 44.9 Å². The number of hydrogen-bond donors (Lipinski definition) is 0. The predicted molar refractivity (Wildman–Crippen MR) is 158 cm³/mol. The molecule has 0 saturated heterocycles. The maximum Gasteiger partial charge on any atom is 0.227 e. The van der Waals surface area contributed by atoms with Crippen molar-refractivity contribution in [2.24, 2.45) is 0 Å². The van der Waals surface area contributed by atoms with Gasteiger partial charge in [-0.25, -0.2) is 9.97 Å². The molecule has 0 amide bonds. The van der Waals surface area contributed by atoms with Gasteiger partial charge >= 0.3 is 0 Å². The van der Waals surface area contributed by atoms with E-state index in [1.54, 1.807) is 12.4 Å². The highest BCUT2D eigenvalue weighted by atomic mass is 16.3. The quantitative estimate of drug-likeness (QED) is 0.237. The van der Waals surface area contributed by atoms with Gasteiger partial charge in [0.25, 0.3) is 0 Å². The second-order valence-corrected chi connectivity index (χ2v) is 9.57. The Labute approximate surface area is 229 Å². The van der Waals surface area contributed by atoms with Crippen LogP contribution in [-0.4, -0.2) is 24.5 Å². The number of aromatic nitrogens is 5. The highest BCUT2D eigenvalue weighted by molar-refractivity contribution is 6.19. The van der Waals surface area contributed by atoms with Gasteiger partial charge in [-0.15, -0.1) is 0 Å². The number of pyridine rings is 3. The van der Waals surface area contributed by atoms with Crippen LogP contribution >= 0.6 is 0 Å². The van der Waals surface area contributed by atoms with Crippen LogP contribution in [-0.2, 0) is 0 Å². The normalized spacial score (nSPS) is 11.5. The summed E-state index contributed by atoms with van der Waals surface area (Å²) < 4.78 is 8.63. The molecule has 6 nitrogen and oxygen atoms in total. The molecule has 0 fully saturated rings. The molecule has 0 bridgehead atoms. The molecule has 0 atom stereocenters. The summed E-state index contributed by atoms with van der Waals surface area (Å²) in [7, 11) is 0. The monoisotopic (exact) mass is 515 g/mol. The molecule has 0 aliphatic rings. The molecule has 5 aromatic heterocycles. The molecule has 0 aliphatic heterocycles. The first-order valence-electron chi connectivity index (χ1n) is 13.1. The van der Waals surface area contributed by atoms with Gasteiger partial charge in [0.15, 0.2) is 5.58 Å². The summed E-state index contributed by atoms with van der Waals surface area (Å²) in [5, 5.41) is 2.08. The minimum absolute atomic E-state index is 0.604. The summed E-state index contributed by atoms with van der Waals surface area (Å²) in [5.41, 5.74) is 7.95. The van der Waals surface area contributed by atoms with Gasteiger partial charge < -0.3 is 4.42 Å². The third kappa shape index (κ3) is 3.58. The summed E-state index contributed by atoms with van der Waals surface area (Å²) >= 11 is 0. The zero-order valence-corrected chi connectivity index (χ0v) is 21.3. The maximum absolute atomic E-state index is 6.45. The van der Waals surface area contributed by atoms with Crippen molar-refractivity contribution in [1.29, 1.82) is 0 Å². The van der Waals surface area contributed by atoms with Gasteiger partial charge in [0.05, 0.1) is 33.5 Å². The molecular formula is C34H21N5O. The molecule has 8 aromatic rings. The second kappa shape index (κ2) is 8.99. The van der Waals surface area contributed by atoms with E-state index in [0.29, 0.717) is 5.89 Å². The molecule has 0 radical (unpaired) electrons. The van der Waals surface area contributed by atoms with Gasteiger partial charge in [0.1, 0.15) is 11.3 Å². The molecule has 3 aromatic carbocycles. The van der Waals surface area contributed by atoms with E-state index in [-0.39, 0.29) is 0 Å². The first-order chi connectivity index (χ1) is 19.8. The summed E-state index contributed by atoms with van der Waals surface area (Å²) in [5.74, 6) is 1.38. The summed E-state index contributed by atoms with van der Waals surface area (Å²) in [6.45, 7) is 0. The Morgan fingerprint density at radius 2 is 1.30 bits per heavy atom. The van der Waals surface area contributed by atoms with Crippen molar-refractivity contribution in [3.8, 4) is 39.9 Å². The van der Waals surface area contributed by atoms with Crippen molar-refractivity contribution >= 4 is 32.9 Å². The molecule has 0 saturated carbocycles. The van der Waals surface area contributed by atoms with Crippen molar-refractivity contribution in [2.75, 3.05) is 0 Å². The Balaban J connectivity index is 1.43. The third-order valence-electron chi connectivity index (χ3n) is 7.14. The van der Waals surface area contributed by atoms with Gasteiger partial charge in [-0.2, -0.15) is 0 Å². The van der Waals surface area contributed by atoms with Gasteiger partial charge in [0, 0.05) is 28.9 Å². The van der Waals surface area contributed by atoms with Crippen LogP contribution in [0, 0.1) is 0 Å². The number of para-hydroxylation sites is 1. The Morgan fingerprint density at radius 1 is 0.550 bits per heavy atom. The Hall–Kier alpha value is -5.62. The smallest absolute Gasteiger partial charge is 0.227 e. The highest BCUT2D eigenvalue weighted by Crippen LogP contribution is 2.39. The maximum atomic E-state index is 6.45. The Bertz CT molecular complexity index is 2090. The van der Waals surface area contributed by atoms with Crippen LogP contribution in [0.15, 0.2) is 132 Å². The largest absolute Gasteiger partial charge is 0.435 e. The van der Waals surface area contributed by atoms with Crippen LogP contribution in [0.3, 0.4) is 0 Å². The number of hydrogen-bond acceptors (Lipinski definition) is 5. The minimum atomic E-state index is 0.604. The number of fused-ring (bicyclic) bond motifs is 5. The lowest BCUT2D eigenvalue weighted by molar-refractivity contribution is 0.623. The molecular weight excluding hydrogens is 494 g/mol. The van der Waals surface area contributed by atoms with E-state index in [0.717, 1.165) is 66.9 Å². The Morgan fingerprint density at radius 3 is 2.10 bits per heavy atom. The topological polar surface area (TPSA) is 69.6 Å². The second-order valence-electron chi connectivity index (χ2n) is 9.57. The van der Waals surface area contributed by atoms with Crippen LogP contribution in [0.5, 0.6) is 0 Å². The first kappa shape index (κ1) is 22.4. The Kier molecular flexibility index (Phi) is 5.03. The van der Waals surface area contributed by atoms with Crippen molar-refractivity contribution in [3.05, 3.63) is 128 Å². The fraction of sp³-hybridized carbons (Fsp3) is 0. The lowest BCUT2D eigenvalue weighted by Gasteiger charge is -2.12. The fourth-order valence-corrected chi connectivity index (χ4v) is 5.35. The van der Waals surface area contributed by atoms with Crippen molar-refractivity contribution in [3.63, 3.8) is 0 Å². The van der Waals surface area contributed by atoms with E-state index in [1.165, 1.54) is 0 Å². The van der Waals surface area contributed by atoms with Crippen LogP contribution in [0.4, 0.5) is 0 Å². The van der Waals surface area contributed by atoms with Crippen LogP contribution < -0.4 is 0 Å². The molecule has 5 heterocycles. The average molecular weight is 516 g/mol. The number of rotatable bonds is 4. The van der Waals surface area contributed by atoms with Crippen LogP contribution in [0.1, 0.15) is 0 Å². The third-order valence-corrected chi connectivity index (χ3v) is 7.14. The van der Waals surface area contributed by atoms with E-state index in [4.69, 9.17) is 14.4 Å². The van der Waals surface area contributed by atoms with Crippen LogP contribution in [0.25, 0.3) is 72.8 Å². The standard InChI is InChI=1S/C34H21N5O/c1-2-10-22(11-3-1)34-38-27-16-17-30-32(33(27)40-34)24-12-4-5-15-29(24)39(30)31-21-23(25-13-6-8-18-35-25)20-28(37-31)26-14-7-9-19-36-26/h1-21H. The molecule has 0 N–H and O–H groups in total. The van der Waals surface area contributed by atoms with E-state index < -0.39 is 0 Å². The number of nitrogens with zero attached hydrogens (tertiary/aromatic N) is 5. The SMILES string of the molecule is c1ccc(-c2nc3ccc4c(c5ccccc5n4-c4cc(-c5ccccn5)cc(-c5ccccn5)n4)c3o2)cc1. The number of benzene rings is 3. The number of oxazole rings is 1. The fourth-order valence-electron chi connectivity index (χ4n) is 5.35. The average Bonchev–Trinajstić information content (AvgIpc) is 3.62. The van der Waals surface area contributed by atoms with Gasteiger partial charge in [0.2, 0.25) is 5.89 Å². The zero-order chi connectivity index (χ0) is 26.5. The lowest BCUT2D eigenvalue weighted by atomic mass is 10.1. The van der Waals surface area contributed by atoms with Crippen LogP contribution in [0.2, 0.25) is 0 Å². The minimum Gasteiger partial charge on any atom is -0.435 e. The molecule has 188 valence electrons. The summed E-state index contributed by atoms with van der Waals surface area (Å²) in [6, 6.07) is 38.4. The molecule has 8 rings (SSSR count). The van der Waals surface area contributed by atoms with Crippen molar-refractivity contribution < 1.29 is 4.42 Å². The van der Waals surface area contributed by atoms with E-state index in [9.17, 15) is 0 Å². The highest BCUT2D eigenvalue weighted by Gasteiger charge is 2.20. The molecule has 0 aliphatic carbocycles. The van der Waals surface area contributed by atoms with Gasteiger partial charge in [-0.1, -0.05) is 48.5 Å². The molecule has 0 spiro atoms. The molecule has 0 unspecified atom stereocenters. The summed E-state index contributed by atoms with van der Waals surface area (Å²) in [6.07, 6.45) is 3.59. The van der Waals surface area contributed by atoms with E-state index >= 15 is 0 Å². The lowest BCUT2D eigenvalue weighted by Crippen LogP contribution is -2.01. The molecule has 6 heteroatoms. The van der Waals surface area contributed by atoms with Gasteiger partial charge in [-0.3, -0.25) is 14.5 Å². The first-order valence-corrected chi connectivity index (χ1v) is 13.1.